The van der Waals surface area contributed by atoms with Gasteiger partial charge in [-0.15, -0.1) is 0 Å². The van der Waals surface area contributed by atoms with Crippen molar-refractivity contribution in [1.29, 1.82) is 5.26 Å². The van der Waals surface area contributed by atoms with Gasteiger partial charge in [0.05, 0.1) is 27.1 Å². The average Bonchev–Trinajstić information content (AvgIpc) is 2.34. The Morgan fingerprint density at radius 1 is 1.17 bits per heavy atom. The van der Waals surface area contributed by atoms with E-state index in [2.05, 4.69) is 6.07 Å². The van der Waals surface area contributed by atoms with Gasteiger partial charge in [-0.3, -0.25) is 0 Å². The van der Waals surface area contributed by atoms with Gasteiger partial charge in [0.25, 0.3) is 0 Å². The Kier molecular flexibility index (Phi) is 3.60. The molecule has 0 radical (unpaired) electrons. The monoisotopic (exact) mass is 283 g/mol. The molecule has 0 bridgehead atoms. The van der Waals surface area contributed by atoms with E-state index in [1.807, 2.05) is 13.0 Å². The number of benzene rings is 1. The second kappa shape index (κ2) is 4.74. The highest BCUT2D eigenvalue weighted by atomic mass is 35.5. The molecule has 4 heteroatoms. The van der Waals surface area contributed by atoms with Gasteiger partial charge in [-0.25, -0.2) is 0 Å². The summed E-state index contributed by atoms with van der Waals surface area (Å²) in [5.74, 6) is 0. The molecule has 0 aromatic heterocycles. The Morgan fingerprint density at radius 2 is 1.78 bits per heavy atom. The van der Waals surface area contributed by atoms with E-state index >= 15 is 0 Å². The summed E-state index contributed by atoms with van der Waals surface area (Å²) in [6, 6.07) is 7.76. The van der Waals surface area contributed by atoms with Crippen molar-refractivity contribution in [2.24, 2.45) is 0 Å². The van der Waals surface area contributed by atoms with Crippen molar-refractivity contribution >= 4 is 23.2 Å². The molecule has 0 atom stereocenters. The van der Waals surface area contributed by atoms with Crippen molar-refractivity contribution in [3.63, 3.8) is 0 Å². The first-order valence-electron chi connectivity index (χ1n) is 5.98. The van der Waals surface area contributed by atoms with Gasteiger partial charge >= 0.3 is 0 Å². The summed E-state index contributed by atoms with van der Waals surface area (Å²) < 4.78 is 0. The number of aliphatic hydroxyl groups is 1. The quantitative estimate of drug-likeness (QED) is 0.844. The first-order valence-corrected chi connectivity index (χ1v) is 6.73. The SMILES string of the molecule is C[C@]1(O)CC[C@](C#N)(c2ccc(Cl)c(Cl)c2)CC1. The minimum atomic E-state index is -0.656. The fourth-order valence-corrected chi connectivity index (χ4v) is 2.77. The molecule has 1 aromatic carbocycles. The van der Waals surface area contributed by atoms with Gasteiger partial charge in [-0.2, -0.15) is 5.26 Å². The van der Waals surface area contributed by atoms with Crippen molar-refractivity contribution in [1.82, 2.24) is 0 Å². The lowest BCUT2D eigenvalue weighted by Gasteiger charge is -2.38. The topological polar surface area (TPSA) is 44.0 Å². The molecule has 0 spiro atoms. The van der Waals surface area contributed by atoms with Crippen molar-refractivity contribution < 1.29 is 5.11 Å². The minimum absolute atomic E-state index is 0.473. The molecule has 18 heavy (non-hydrogen) atoms. The third-order valence-corrected chi connectivity index (χ3v) is 4.61. The standard InChI is InChI=1S/C14H15Cl2NO/c1-13(18)4-6-14(9-17,7-5-13)10-2-3-11(15)12(16)8-10/h2-3,8,18H,4-7H2,1H3/t13-,14-. The number of hydrogen-bond donors (Lipinski definition) is 1. The number of halogens is 2. The van der Waals surface area contributed by atoms with E-state index < -0.39 is 11.0 Å². The molecule has 1 aromatic rings. The van der Waals surface area contributed by atoms with E-state index in [9.17, 15) is 10.4 Å². The average molecular weight is 284 g/mol. The fourth-order valence-electron chi connectivity index (χ4n) is 2.47. The first-order chi connectivity index (χ1) is 8.38. The maximum Gasteiger partial charge on any atom is 0.0825 e. The molecular weight excluding hydrogens is 269 g/mol. The Morgan fingerprint density at radius 3 is 2.28 bits per heavy atom. The van der Waals surface area contributed by atoms with Crippen molar-refractivity contribution in [3.05, 3.63) is 33.8 Å². The van der Waals surface area contributed by atoms with Gasteiger partial charge in [0.15, 0.2) is 0 Å². The van der Waals surface area contributed by atoms with Crippen LogP contribution in [0.3, 0.4) is 0 Å². The maximum absolute atomic E-state index is 9.99. The van der Waals surface area contributed by atoms with Crippen LogP contribution in [0.2, 0.25) is 10.0 Å². The van der Waals surface area contributed by atoms with Gasteiger partial charge in [0.2, 0.25) is 0 Å². The van der Waals surface area contributed by atoms with Crippen LogP contribution in [0.4, 0.5) is 0 Å². The Labute approximate surface area is 117 Å². The van der Waals surface area contributed by atoms with E-state index in [0.29, 0.717) is 35.7 Å². The fraction of sp³-hybridized carbons (Fsp3) is 0.500. The van der Waals surface area contributed by atoms with Gasteiger partial charge in [-0.1, -0.05) is 29.3 Å². The number of rotatable bonds is 1. The molecule has 1 aliphatic carbocycles. The van der Waals surface area contributed by atoms with E-state index in [1.54, 1.807) is 12.1 Å². The molecule has 0 aliphatic heterocycles. The normalized spacial score (nSPS) is 31.9. The zero-order chi connectivity index (χ0) is 13.4. The molecule has 0 unspecified atom stereocenters. The Balaban J connectivity index is 2.34. The molecule has 2 nitrogen and oxygen atoms in total. The van der Waals surface area contributed by atoms with E-state index in [-0.39, 0.29) is 0 Å². The molecule has 1 fully saturated rings. The summed E-state index contributed by atoms with van der Waals surface area (Å²) in [6.45, 7) is 1.82. The van der Waals surface area contributed by atoms with Gasteiger partial charge in [0.1, 0.15) is 0 Å². The van der Waals surface area contributed by atoms with Crippen LogP contribution in [-0.2, 0) is 5.41 Å². The third kappa shape index (κ3) is 2.49. The van der Waals surface area contributed by atoms with Gasteiger partial charge in [-0.05, 0) is 50.3 Å². The minimum Gasteiger partial charge on any atom is -0.390 e. The zero-order valence-electron chi connectivity index (χ0n) is 10.2. The maximum atomic E-state index is 9.99. The molecule has 0 saturated heterocycles. The lowest BCUT2D eigenvalue weighted by molar-refractivity contribution is 0.00854. The summed E-state index contributed by atoms with van der Waals surface area (Å²) >= 11 is 11.9. The summed E-state index contributed by atoms with van der Waals surface area (Å²) in [6.07, 6.45) is 2.55. The molecule has 1 aliphatic rings. The smallest absolute Gasteiger partial charge is 0.0825 e. The van der Waals surface area contributed by atoms with Crippen molar-refractivity contribution in [2.45, 2.75) is 43.6 Å². The second-order valence-electron chi connectivity index (χ2n) is 5.32. The lowest BCUT2D eigenvalue weighted by Crippen LogP contribution is -2.38. The van der Waals surface area contributed by atoms with Gasteiger partial charge in [0, 0.05) is 0 Å². The zero-order valence-corrected chi connectivity index (χ0v) is 11.7. The Bertz CT molecular complexity index is 495. The summed E-state index contributed by atoms with van der Waals surface area (Å²) in [4.78, 5) is 0. The van der Waals surface area contributed by atoms with Crippen LogP contribution in [0.25, 0.3) is 0 Å². The number of hydrogen-bond acceptors (Lipinski definition) is 2. The summed E-state index contributed by atoms with van der Waals surface area (Å²) in [5, 5.41) is 20.5. The third-order valence-electron chi connectivity index (χ3n) is 3.87. The molecule has 0 amide bonds. The highest BCUT2D eigenvalue weighted by molar-refractivity contribution is 6.42. The highest BCUT2D eigenvalue weighted by Crippen LogP contribution is 2.43. The largest absolute Gasteiger partial charge is 0.390 e. The number of nitriles is 1. The molecule has 0 heterocycles. The van der Waals surface area contributed by atoms with Crippen molar-refractivity contribution in [3.8, 4) is 6.07 Å². The number of nitrogens with zero attached hydrogens (tertiary/aromatic N) is 1. The van der Waals surface area contributed by atoms with Gasteiger partial charge < -0.3 is 5.11 Å². The predicted octanol–water partition coefficient (Wildman–Crippen LogP) is 4.08. The van der Waals surface area contributed by atoms with Crippen LogP contribution < -0.4 is 0 Å². The van der Waals surface area contributed by atoms with Crippen LogP contribution in [0.5, 0.6) is 0 Å². The van der Waals surface area contributed by atoms with Crippen LogP contribution >= 0.6 is 23.2 Å². The molecule has 1 N–H and O–H groups in total. The van der Waals surface area contributed by atoms with Crippen molar-refractivity contribution in [2.75, 3.05) is 0 Å². The molecule has 1 saturated carbocycles. The summed E-state index contributed by atoms with van der Waals surface area (Å²) in [7, 11) is 0. The highest BCUT2D eigenvalue weighted by Gasteiger charge is 2.41. The van der Waals surface area contributed by atoms with Crippen LogP contribution in [0, 0.1) is 11.3 Å². The predicted molar refractivity (Wildman–Crippen MR) is 72.8 cm³/mol. The lowest BCUT2D eigenvalue weighted by atomic mass is 9.66. The Hall–Kier alpha value is -0.750. The molecular formula is C14H15Cl2NO. The van der Waals surface area contributed by atoms with Crippen LogP contribution in [0.1, 0.15) is 38.2 Å². The van der Waals surface area contributed by atoms with E-state index in [0.717, 1.165) is 5.56 Å². The van der Waals surface area contributed by atoms with E-state index in [1.165, 1.54) is 0 Å². The molecule has 2 rings (SSSR count). The summed E-state index contributed by atoms with van der Waals surface area (Å²) in [5.41, 5.74) is -0.303. The van der Waals surface area contributed by atoms with Crippen LogP contribution in [0.15, 0.2) is 18.2 Å². The first kappa shape index (κ1) is 13.7. The second-order valence-corrected chi connectivity index (χ2v) is 6.13. The van der Waals surface area contributed by atoms with Crippen LogP contribution in [-0.4, -0.2) is 10.7 Å². The molecule has 96 valence electrons. The van der Waals surface area contributed by atoms with E-state index in [4.69, 9.17) is 23.2 Å².